The van der Waals surface area contributed by atoms with Crippen LogP contribution in [0.2, 0.25) is 0 Å². The van der Waals surface area contributed by atoms with Crippen molar-refractivity contribution < 1.29 is 4.42 Å². The standard InChI is InChI=1S/C5H7NO.C4H8.C2H2.2CH4/c1-4-3-6-5(2)7-4;1-3-4-2;1-2;;/h3H,1-2H3;3-4H,1-2H3;1-2H;2*1H4. The summed E-state index contributed by atoms with van der Waals surface area (Å²) in [6.07, 6.45) is 13.7. The van der Waals surface area contributed by atoms with Crippen LogP contribution in [0, 0.1) is 26.7 Å². The van der Waals surface area contributed by atoms with Crippen LogP contribution < -0.4 is 0 Å². The van der Waals surface area contributed by atoms with Gasteiger partial charge in [0.25, 0.3) is 0 Å². The molecule has 88 valence electrons. The lowest BCUT2D eigenvalue weighted by molar-refractivity contribution is 0.494. The second kappa shape index (κ2) is 18.3. The van der Waals surface area contributed by atoms with Crippen molar-refractivity contribution in [2.24, 2.45) is 0 Å². The van der Waals surface area contributed by atoms with Gasteiger partial charge in [0.1, 0.15) is 5.76 Å². The molecule has 0 unspecified atom stereocenters. The van der Waals surface area contributed by atoms with Crippen molar-refractivity contribution >= 4 is 0 Å². The van der Waals surface area contributed by atoms with Gasteiger partial charge in [-0.15, -0.1) is 12.8 Å². The van der Waals surface area contributed by atoms with Crippen molar-refractivity contribution in [3.05, 3.63) is 30.0 Å². The maximum absolute atomic E-state index is 4.97. The summed E-state index contributed by atoms with van der Waals surface area (Å²) >= 11 is 0. The number of hydrogen-bond donors (Lipinski definition) is 0. The molecule has 0 saturated heterocycles. The fourth-order valence-electron chi connectivity index (χ4n) is 0.467. The average Bonchev–Trinajstić information content (AvgIpc) is 2.54. The number of allylic oxidation sites excluding steroid dienone is 2. The van der Waals surface area contributed by atoms with E-state index in [1.165, 1.54) is 0 Å². The minimum atomic E-state index is 0. The fourth-order valence-corrected chi connectivity index (χ4v) is 0.467. The Bertz CT molecular complexity index is 226. The Morgan fingerprint density at radius 2 is 1.53 bits per heavy atom. The molecule has 1 aromatic rings. The highest BCUT2D eigenvalue weighted by molar-refractivity contribution is 4.87. The van der Waals surface area contributed by atoms with Crippen LogP contribution in [0.4, 0.5) is 0 Å². The van der Waals surface area contributed by atoms with E-state index in [0.717, 1.165) is 11.7 Å². The van der Waals surface area contributed by atoms with Gasteiger partial charge in [-0.3, -0.25) is 0 Å². The summed E-state index contributed by atoms with van der Waals surface area (Å²) in [6, 6.07) is 0. The maximum atomic E-state index is 4.97. The molecular formula is C13H25NO. The van der Waals surface area contributed by atoms with E-state index in [9.17, 15) is 0 Å². The molecule has 0 saturated carbocycles. The zero-order valence-corrected chi connectivity index (χ0v) is 8.74. The highest BCUT2D eigenvalue weighted by Crippen LogP contribution is 1.96. The van der Waals surface area contributed by atoms with Gasteiger partial charge in [0.05, 0.1) is 6.20 Å². The molecule has 0 aliphatic rings. The summed E-state index contributed by atoms with van der Waals surface area (Å²) in [5.41, 5.74) is 0. The first-order valence-corrected chi connectivity index (χ1v) is 4.00. The predicted octanol–water partition coefficient (Wildman–Crippen LogP) is 4.40. The third-order valence-corrected chi connectivity index (χ3v) is 1.07. The van der Waals surface area contributed by atoms with E-state index < -0.39 is 0 Å². The molecule has 0 aromatic carbocycles. The number of oxazole rings is 1. The fraction of sp³-hybridized carbons (Fsp3) is 0.462. The Balaban J connectivity index is -0.0000000674. The minimum Gasteiger partial charge on any atom is -0.446 e. The molecule has 2 nitrogen and oxygen atoms in total. The van der Waals surface area contributed by atoms with Crippen LogP contribution in [0.5, 0.6) is 0 Å². The van der Waals surface area contributed by atoms with Crippen molar-refractivity contribution in [2.75, 3.05) is 0 Å². The molecule has 0 bridgehead atoms. The Morgan fingerprint density at radius 3 is 1.60 bits per heavy atom. The number of nitrogens with zero attached hydrogens (tertiary/aromatic N) is 1. The first kappa shape index (κ1) is 23.4. The van der Waals surface area contributed by atoms with Crippen LogP contribution in [0.25, 0.3) is 0 Å². The highest BCUT2D eigenvalue weighted by Gasteiger charge is 1.87. The van der Waals surface area contributed by atoms with Crippen molar-refractivity contribution in [3.63, 3.8) is 0 Å². The van der Waals surface area contributed by atoms with E-state index in [1.807, 2.05) is 39.8 Å². The molecular weight excluding hydrogens is 186 g/mol. The molecule has 0 aliphatic heterocycles. The lowest BCUT2D eigenvalue weighted by Gasteiger charge is -1.73. The van der Waals surface area contributed by atoms with Gasteiger partial charge in [-0.05, 0) is 20.8 Å². The van der Waals surface area contributed by atoms with E-state index in [1.54, 1.807) is 6.20 Å². The molecule has 0 aliphatic carbocycles. The zero-order valence-electron chi connectivity index (χ0n) is 8.74. The molecule has 2 heteroatoms. The van der Waals surface area contributed by atoms with Crippen LogP contribution in [-0.4, -0.2) is 4.98 Å². The van der Waals surface area contributed by atoms with Crippen LogP contribution in [0.15, 0.2) is 22.8 Å². The molecule has 0 spiro atoms. The summed E-state index contributed by atoms with van der Waals surface area (Å²) in [7, 11) is 0. The van der Waals surface area contributed by atoms with Gasteiger partial charge in [-0.2, -0.15) is 0 Å². The molecule has 1 heterocycles. The number of hydrogen-bond acceptors (Lipinski definition) is 2. The normalized spacial score (nSPS) is 7.07. The van der Waals surface area contributed by atoms with Crippen LogP contribution >= 0.6 is 0 Å². The van der Waals surface area contributed by atoms with Crippen molar-refractivity contribution in [3.8, 4) is 12.8 Å². The molecule has 0 N–H and O–H groups in total. The van der Waals surface area contributed by atoms with Gasteiger partial charge in [-0.1, -0.05) is 27.0 Å². The monoisotopic (exact) mass is 211 g/mol. The van der Waals surface area contributed by atoms with Crippen LogP contribution in [-0.2, 0) is 0 Å². The van der Waals surface area contributed by atoms with Crippen molar-refractivity contribution in [2.45, 2.75) is 42.5 Å². The van der Waals surface area contributed by atoms with E-state index in [4.69, 9.17) is 4.42 Å². The molecule has 1 rings (SSSR count). The topological polar surface area (TPSA) is 26.0 Å². The molecule has 0 fully saturated rings. The molecule has 1 aromatic heterocycles. The maximum Gasteiger partial charge on any atom is 0.191 e. The zero-order chi connectivity index (χ0) is 10.7. The van der Waals surface area contributed by atoms with Gasteiger partial charge >= 0.3 is 0 Å². The van der Waals surface area contributed by atoms with Crippen LogP contribution in [0.1, 0.15) is 40.4 Å². The van der Waals surface area contributed by atoms with Gasteiger partial charge in [0.15, 0.2) is 5.89 Å². The largest absolute Gasteiger partial charge is 0.446 e. The lowest BCUT2D eigenvalue weighted by atomic mass is 10.6. The SMILES string of the molecule is C.C.C#C.CC=CC.Cc1cnc(C)o1. The van der Waals surface area contributed by atoms with E-state index in [0.29, 0.717) is 0 Å². The first-order chi connectivity index (χ1) is 6.20. The van der Waals surface area contributed by atoms with Gasteiger partial charge in [0.2, 0.25) is 0 Å². The Kier molecular flexibility index (Phi) is 28.6. The summed E-state index contributed by atoms with van der Waals surface area (Å²) in [6.45, 7) is 7.70. The smallest absolute Gasteiger partial charge is 0.191 e. The van der Waals surface area contributed by atoms with E-state index in [2.05, 4.69) is 17.8 Å². The third kappa shape index (κ3) is 19.1. The summed E-state index contributed by atoms with van der Waals surface area (Å²) in [5, 5.41) is 0. The third-order valence-electron chi connectivity index (χ3n) is 1.07. The second-order valence-corrected chi connectivity index (χ2v) is 2.16. The quantitative estimate of drug-likeness (QED) is 0.469. The Hall–Kier alpha value is -1.49. The van der Waals surface area contributed by atoms with Crippen molar-refractivity contribution in [1.29, 1.82) is 0 Å². The van der Waals surface area contributed by atoms with Gasteiger partial charge in [0, 0.05) is 6.92 Å². The highest BCUT2D eigenvalue weighted by atomic mass is 16.3. The Labute approximate surface area is 95.4 Å². The van der Waals surface area contributed by atoms with Gasteiger partial charge < -0.3 is 4.42 Å². The summed E-state index contributed by atoms with van der Waals surface area (Å²) in [4.78, 5) is 3.85. The first-order valence-electron chi connectivity index (χ1n) is 4.00. The molecule has 15 heavy (non-hydrogen) atoms. The van der Waals surface area contributed by atoms with E-state index in [-0.39, 0.29) is 14.9 Å². The summed E-state index contributed by atoms with van der Waals surface area (Å²) < 4.78 is 4.97. The van der Waals surface area contributed by atoms with Gasteiger partial charge in [-0.25, -0.2) is 4.98 Å². The minimum absolute atomic E-state index is 0. The molecule has 0 amide bonds. The number of aryl methyl sites for hydroxylation is 2. The average molecular weight is 211 g/mol. The molecule has 0 atom stereocenters. The number of rotatable bonds is 0. The molecule has 0 radical (unpaired) electrons. The number of aromatic nitrogens is 1. The number of terminal acetylenes is 1. The van der Waals surface area contributed by atoms with E-state index >= 15 is 0 Å². The van der Waals surface area contributed by atoms with Crippen LogP contribution in [0.3, 0.4) is 0 Å². The predicted molar refractivity (Wildman–Crippen MR) is 69.8 cm³/mol. The summed E-state index contributed by atoms with van der Waals surface area (Å²) in [5.74, 6) is 1.61. The van der Waals surface area contributed by atoms with Crippen molar-refractivity contribution in [1.82, 2.24) is 4.98 Å². The second-order valence-electron chi connectivity index (χ2n) is 2.16. The Morgan fingerprint density at radius 1 is 1.13 bits per heavy atom. The lowest BCUT2D eigenvalue weighted by Crippen LogP contribution is -1.59.